The molecular formula is C13H19N5. The number of nitrogens with zero attached hydrogens (tertiary/aromatic N) is 2. The molecule has 3 saturated carbocycles. The van der Waals surface area contributed by atoms with E-state index < -0.39 is 0 Å². The second-order valence-electron chi connectivity index (χ2n) is 5.99. The normalized spacial score (nSPS) is 39.6. The van der Waals surface area contributed by atoms with E-state index in [-0.39, 0.29) is 0 Å². The quantitative estimate of drug-likeness (QED) is 0.556. The Hall–Kier alpha value is -1.36. The Morgan fingerprint density at radius 3 is 2.50 bits per heavy atom. The molecule has 4 N–H and O–H groups in total. The first-order chi connectivity index (χ1) is 8.76. The van der Waals surface area contributed by atoms with E-state index in [1.54, 1.807) is 0 Å². The molecule has 3 aliphatic carbocycles. The molecule has 0 amide bonds. The number of hydrazine groups is 1. The van der Waals surface area contributed by atoms with Crippen LogP contribution in [0.4, 0.5) is 11.6 Å². The summed E-state index contributed by atoms with van der Waals surface area (Å²) in [5.41, 5.74) is 2.59. The molecule has 1 aromatic rings. The van der Waals surface area contributed by atoms with E-state index in [9.17, 15) is 0 Å². The Bertz CT molecular complexity index is 472. The van der Waals surface area contributed by atoms with E-state index >= 15 is 0 Å². The highest BCUT2D eigenvalue weighted by atomic mass is 15.3. The third kappa shape index (κ3) is 1.43. The maximum Gasteiger partial charge on any atom is 0.145 e. The number of hydrogen-bond donors (Lipinski definition) is 3. The van der Waals surface area contributed by atoms with Crippen LogP contribution in [0.25, 0.3) is 0 Å². The fourth-order valence-electron chi connectivity index (χ4n) is 4.40. The summed E-state index contributed by atoms with van der Waals surface area (Å²) in [6, 6.07) is 2.54. The molecule has 0 spiro atoms. The van der Waals surface area contributed by atoms with Crippen LogP contribution in [0.3, 0.4) is 0 Å². The number of nitrogen functional groups attached to an aromatic ring is 1. The van der Waals surface area contributed by atoms with Crippen LogP contribution in [0.1, 0.15) is 25.1 Å². The number of anilines is 2. The van der Waals surface area contributed by atoms with Gasteiger partial charge in [0.05, 0.1) is 0 Å². The molecule has 96 valence electrons. The Kier molecular flexibility index (Phi) is 2.09. The van der Waals surface area contributed by atoms with Gasteiger partial charge in [0.1, 0.15) is 17.5 Å². The van der Waals surface area contributed by atoms with Gasteiger partial charge in [-0.05, 0) is 49.9 Å². The zero-order valence-electron chi connectivity index (χ0n) is 10.6. The average Bonchev–Trinajstić information content (AvgIpc) is 2.76. The van der Waals surface area contributed by atoms with Crippen molar-refractivity contribution < 1.29 is 0 Å². The van der Waals surface area contributed by atoms with Crippen LogP contribution in [0.2, 0.25) is 0 Å². The van der Waals surface area contributed by atoms with Gasteiger partial charge in [0.2, 0.25) is 0 Å². The van der Waals surface area contributed by atoms with Crippen molar-refractivity contribution in [1.82, 2.24) is 9.97 Å². The van der Waals surface area contributed by atoms with Crippen LogP contribution in [-0.4, -0.2) is 16.0 Å². The van der Waals surface area contributed by atoms with Crippen molar-refractivity contribution in [3.05, 3.63) is 11.9 Å². The molecule has 2 bridgehead atoms. The maximum absolute atomic E-state index is 5.41. The van der Waals surface area contributed by atoms with E-state index in [0.717, 1.165) is 35.3 Å². The number of aryl methyl sites for hydroxylation is 1. The Morgan fingerprint density at radius 2 is 1.83 bits per heavy atom. The van der Waals surface area contributed by atoms with Crippen molar-refractivity contribution in [2.24, 2.45) is 29.5 Å². The van der Waals surface area contributed by atoms with Gasteiger partial charge in [0.15, 0.2) is 0 Å². The number of nitrogens with one attached hydrogen (secondary N) is 2. The molecule has 0 aromatic carbocycles. The number of hydrogen-bond acceptors (Lipinski definition) is 5. The summed E-state index contributed by atoms with van der Waals surface area (Å²) in [5.74, 6) is 11.5. The summed E-state index contributed by atoms with van der Waals surface area (Å²) in [4.78, 5) is 8.65. The minimum atomic E-state index is 0.649. The van der Waals surface area contributed by atoms with Gasteiger partial charge in [-0.2, -0.15) is 0 Å². The van der Waals surface area contributed by atoms with Crippen LogP contribution in [-0.2, 0) is 0 Å². The van der Waals surface area contributed by atoms with E-state index in [1.165, 1.54) is 19.3 Å². The Morgan fingerprint density at radius 1 is 1.17 bits per heavy atom. The van der Waals surface area contributed by atoms with Gasteiger partial charge < -0.3 is 10.7 Å². The van der Waals surface area contributed by atoms with Crippen LogP contribution in [0, 0.1) is 30.6 Å². The van der Waals surface area contributed by atoms with Gasteiger partial charge in [-0.1, -0.05) is 0 Å². The first kappa shape index (κ1) is 10.6. The number of fused-ring (bicyclic) bond motifs is 5. The van der Waals surface area contributed by atoms with E-state index in [0.29, 0.717) is 11.9 Å². The first-order valence-electron chi connectivity index (χ1n) is 6.85. The summed E-state index contributed by atoms with van der Waals surface area (Å²) in [6.07, 6.45) is 4.37. The summed E-state index contributed by atoms with van der Waals surface area (Å²) < 4.78 is 0. The van der Waals surface area contributed by atoms with E-state index in [2.05, 4.69) is 20.7 Å². The molecule has 4 rings (SSSR count). The van der Waals surface area contributed by atoms with Gasteiger partial charge in [-0.25, -0.2) is 15.8 Å². The predicted molar refractivity (Wildman–Crippen MR) is 69.8 cm³/mol. The summed E-state index contributed by atoms with van der Waals surface area (Å²) in [5, 5.41) is 3.59. The number of nitrogens with two attached hydrogens (primary N) is 1. The van der Waals surface area contributed by atoms with Crippen molar-refractivity contribution in [3.8, 4) is 0 Å². The van der Waals surface area contributed by atoms with Crippen LogP contribution >= 0.6 is 0 Å². The van der Waals surface area contributed by atoms with Crippen molar-refractivity contribution >= 4 is 11.6 Å². The Balaban J connectivity index is 1.51. The van der Waals surface area contributed by atoms with Crippen molar-refractivity contribution in [2.75, 3.05) is 10.7 Å². The van der Waals surface area contributed by atoms with Crippen LogP contribution in [0.15, 0.2) is 6.07 Å². The van der Waals surface area contributed by atoms with Gasteiger partial charge in [0, 0.05) is 12.1 Å². The van der Waals surface area contributed by atoms with Gasteiger partial charge in [0.25, 0.3) is 0 Å². The molecule has 18 heavy (non-hydrogen) atoms. The molecule has 3 aliphatic rings. The number of rotatable bonds is 3. The standard InChI is InChI=1S/C13H19N5/c1-6-15-9(5-10(16-6)18-14)17-13-11-7-2-3-8(4-7)12(11)13/h5,7-8,11-13H,2-4,14H2,1H3,(H2,15,16,17,18). The molecule has 0 saturated heterocycles. The van der Waals surface area contributed by atoms with Crippen LogP contribution in [0.5, 0.6) is 0 Å². The summed E-state index contributed by atoms with van der Waals surface area (Å²) >= 11 is 0. The van der Waals surface area contributed by atoms with Gasteiger partial charge >= 0.3 is 0 Å². The minimum Gasteiger partial charge on any atom is -0.367 e. The SMILES string of the molecule is Cc1nc(NN)cc(NC2C3C4CCC(C4)C23)n1. The highest BCUT2D eigenvalue weighted by molar-refractivity contribution is 5.49. The highest BCUT2D eigenvalue weighted by Gasteiger charge is 2.65. The van der Waals surface area contributed by atoms with Crippen molar-refractivity contribution in [2.45, 2.75) is 32.2 Å². The zero-order valence-corrected chi connectivity index (χ0v) is 10.6. The fraction of sp³-hybridized carbons (Fsp3) is 0.692. The van der Waals surface area contributed by atoms with E-state index in [4.69, 9.17) is 5.84 Å². The van der Waals surface area contributed by atoms with Crippen molar-refractivity contribution in [1.29, 1.82) is 0 Å². The van der Waals surface area contributed by atoms with Crippen LogP contribution < -0.4 is 16.6 Å². The second-order valence-corrected chi connectivity index (χ2v) is 5.99. The lowest BCUT2D eigenvalue weighted by Crippen LogP contribution is -2.15. The molecule has 1 heterocycles. The largest absolute Gasteiger partial charge is 0.367 e. The lowest BCUT2D eigenvalue weighted by Gasteiger charge is -2.12. The van der Waals surface area contributed by atoms with Gasteiger partial charge in [-0.3, -0.25) is 0 Å². The highest BCUT2D eigenvalue weighted by Crippen LogP contribution is 2.66. The summed E-state index contributed by atoms with van der Waals surface area (Å²) in [7, 11) is 0. The minimum absolute atomic E-state index is 0.649. The third-order valence-electron chi connectivity index (χ3n) is 5.04. The molecule has 1 aromatic heterocycles. The monoisotopic (exact) mass is 245 g/mol. The number of aromatic nitrogens is 2. The molecule has 3 fully saturated rings. The molecule has 0 aliphatic heterocycles. The molecular weight excluding hydrogens is 226 g/mol. The topological polar surface area (TPSA) is 75.9 Å². The molecule has 4 unspecified atom stereocenters. The molecule has 4 atom stereocenters. The van der Waals surface area contributed by atoms with E-state index in [1.807, 2.05) is 13.0 Å². The Labute approximate surface area is 107 Å². The fourth-order valence-corrected chi connectivity index (χ4v) is 4.40. The zero-order chi connectivity index (χ0) is 12.3. The molecule has 0 radical (unpaired) electrons. The molecule has 5 heteroatoms. The lowest BCUT2D eigenvalue weighted by molar-refractivity contribution is 0.456. The second kappa shape index (κ2) is 3.57. The molecule has 5 nitrogen and oxygen atoms in total. The maximum atomic E-state index is 5.41. The third-order valence-corrected chi connectivity index (χ3v) is 5.04. The van der Waals surface area contributed by atoms with Crippen molar-refractivity contribution in [3.63, 3.8) is 0 Å². The average molecular weight is 245 g/mol. The first-order valence-corrected chi connectivity index (χ1v) is 6.85. The summed E-state index contributed by atoms with van der Waals surface area (Å²) in [6.45, 7) is 1.89. The lowest BCUT2D eigenvalue weighted by atomic mass is 10.0. The smallest absolute Gasteiger partial charge is 0.145 e. The van der Waals surface area contributed by atoms with Gasteiger partial charge in [-0.15, -0.1) is 0 Å². The predicted octanol–water partition coefficient (Wildman–Crippen LogP) is 1.53.